The van der Waals surface area contributed by atoms with Gasteiger partial charge in [-0.3, -0.25) is 0 Å². The zero-order valence-electron chi connectivity index (χ0n) is 17.4. The molecule has 1 aliphatic carbocycles. The summed E-state index contributed by atoms with van der Waals surface area (Å²) in [5.74, 6) is 1.36. The first-order valence-corrected chi connectivity index (χ1v) is 11.4. The lowest BCUT2D eigenvalue weighted by Crippen LogP contribution is -2.36. The van der Waals surface area contributed by atoms with Crippen LogP contribution in [0.2, 0.25) is 0 Å². The molecule has 1 saturated heterocycles. The molecular formula is C22H29N3O4S. The maximum Gasteiger partial charge on any atom is 0.407 e. The molecule has 0 spiro atoms. The molecule has 1 saturated carbocycles. The van der Waals surface area contributed by atoms with E-state index >= 15 is 0 Å². The summed E-state index contributed by atoms with van der Waals surface area (Å²) in [6, 6.07) is 7.79. The summed E-state index contributed by atoms with van der Waals surface area (Å²) in [6.07, 6.45) is 2.75. The van der Waals surface area contributed by atoms with Crippen LogP contribution in [0, 0.1) is 12.8 Å². The lowest BCUT2D eigenvalue weighted by Gasteiger charge is -2.26. The summed E-state index contributed by atoms with van der Waals surface area (Å²) < 4.78 is 16.6. The molecule has 0 radical (unpaired) electrons. The highest BCUT2D eigenvalue weighted by Crippen LogP contribution is 2.29. The van der Waals surface area contributed by atoms with Gasteiger partial charge in [0, 0.05) is 30.9 Å². The molecule has 30 heavy (non-hydrogen) atoms. The molecule has 2 aliphatic rings. The van der Waals surface area contributed by atoms with Gasteiger partial charge in [0.15, 0.2) is 5.13 Å². The number of thiazole rings is 1. The molecule has 1 aliphatic heterocycles. The van der Waals surface area contributed by atoms with E-state index < -0.39 is 0 Å². The monoisotopic (exact) mass is 431 g/mol. The van der Waals surface area contributed by atoms with Gasteiger partial charge in [0.05, 0.1) is 32.1 Å². The molecule has 4 rings (SSSR count). The molecule has 1 aromatic carbocycles. The highest BCUT2D eigenvalue weighted by molar-refractivity contribution is 7.15. The lowest BCUT2D eigenvalue weighted by atomic mass is 10.2. The largest absolute Gasteiger partial charge is 0.493 e. The molecule has 0 atom stereocenters. The van der Waals surface area contributed by atoms with Gasteiger partial charge in [0.2, 0.25) is 0 Å². The van der Waals surface area contributed by atoms with Crippen LogP contribution in [0.5, 0.6) is 5.75 Å². The fraction of sp³-hybridized carbons (Fsp3) is 0.545. The molecule has 7 nitrogen and oxygen atoms in total. The standard InChI is InChI=1S/C22H29N3O4S/c1-16-20(24-21(30-16)25-8-11-27-12-9-25)7-10-28-19-4-2-3-18(13-19)14-23-22(26)29-15-17-5-6-17/h2-4,13,17H,5-12,14-15H2,1H3,(H,23,26). The Bertz CT molecular complexity index is 847. The minimum Gasteiger partial charge on any atom is -0.493 e. The van der Waals surface area contributed by atoms with Gasteiger partial charge >= 0.3 is 6.09 Å². The molecule has 2 aromatic rings. The number of alkyl carbamates (subject to hydrolysis) is 1. The molecule has 1 N–H and O–H groups in total. The van der Waals surface area contributed by atoms with Gasteiger partial charge in [0.25, 0.3) is 0 Å². The summed E-state index contributed by atoms with van der Waals surface area (Å²) in [5, 5.41) is 3.87. The number of aromatic nitrogens is 1. The topological polar surface area (TPSA) is 72.9 Å². The van der Waals surface area contributed by atoms with Gasteiger partial charge in [-0.15, -0.1) is 11.3 Å². The van der Waals surface area contributed by atoms with Crippen LogP contribution in [0.15, 0.2) is 24.3 Å². The van der Waals surface area contributed by atoms with E-state index in [2.05, 4.69) is 17.1 Å². The Morgan fingerprint density at radius 1 is 1.33 bits per heavy atom. The molecule has 0 unspecified atom stereocenters. The second-order valence-electron chi connectivity index (χ2n) is 7.74. The number of hydrogen-bond donors (Lipinski definition) is 1. The number of aryl methyl sites for hydroxylation is 1. The minimum absolute atomic E-state index is 0.358. The summed E-state index contributed by atoms with van der Waals surface area (Å²) >= 11 is 1.74. The predicted molar refractivity (Wildman–Crippen MR) is 116 cm³/mol. The number of ether oxygens (including phenoxy) is 3. The van der Waals surface area contributed by atoms with Crippen molar-refractivity contribution in [2.75, 3.05) is 44.4 Å². The Hall–Kier alpha value is -2.32. The van der Waals surface area contributed by atoms with Crippen molar-refractivity contribution in [1.29, 1.82) is 0 Å². The van der Waals surface area contributed by atoms with Gasteiger partial charge in [0.1, 0.15) is 5.75 Å². The first-order valence-electron chi connectivity index (χ1n) is 10.6. The fourth-order valence-corrected chi connectivity index (χ4v) is 4.26. The van der Waals surface area contributed by atoms with Gasteiger partial charge in [-0.05, 0) is 43.4 Å². The number of rotatable bonds is 9. The van der Waals surface area contributed by atoms with E-state index in [4.69, 9.17) is 19.2 Å². The van der Waals surface area contributed by atoms with Crippen LogP contribution in [0.1, 0.15) is 29.0 Å². The summed E-state index contributed by atoms with van der Waals surface area (Å²) in [6.45, 7) is 6.96. The number of nitrogens with zero attached hydrogens (tertiary/aromatic N) is 2. The first kappa shape index (κ1) is 20.9. The maximum atomic E-state index is 11.7. The minimum atomic E-state index is -0.358. The van der Waals surface area contributed by atoms with E-state index in [0.717, 1.165) is 54.9 Å². The fourth-order valence-electron chi connectivity index (χ4n) is 3.25. The number of carbonyl (C=O) groups is 1. The molecule has 2 heterocycles. The molecular weight excluding hydrogens is 402 g/mol. The van der Waals surface area contributed by atoms with E-state index in [1.54, 1.807) is 11.3 Å². The second kappa shape index (κ2) is 10.1. The predicted octanol–water partition coefficient (Wildman–Crippen LogP) is 3.55. The smallest absolute Gasteiger partial charge is 0.407 e. The highest BCUT2D eigenvalue weighted by atomic mass is 32.1. The second-order valence-corrected chi connectivity index (χ2v) is 8.92. The zero-order valence-corrected chi connectivity index (χ0v) is 18.2. The van der Waals surface area contributed by atoms with Crippen LogP contribution in [0.25, 0.3) is 0 Å². The van der Waals surface area contributed by atoms with Crippen molar-refractivity contribution in [2.45, 2.75) is 32.7 Å². The Labute approximate surface area is 181 Å². The van der Waals surface area contributed by atoms with E-state index in [0.29, 0.717) is 25.7 Å². The molecule has 162 valence electrons. The summed E-state index contributed by atoms with van der Waals surface area (Å²) in [4.78, 5) is 20.1. The number of anilines is 1. The van der Waals surface area contributed by atoms with Crippen molar-refractivity contribution in [3.63, 3.8) is 0 Å². The average molecular weight is 432 g/mol. The van der Waals surface area contributed by atoms with Crippen LogP contribution in [-0.2, 0) is 22.4 Å². The summed E-state index contributed by atoms with van der Waals surface area (Å²) in [5.41, 5.74) is 2.08. The Morgan fingerprint density at radius 3 is 2.97 bits per heavy atom. The Balaban J connectivity index is 1.22. The van der Waals surface area contributed by atoms with Crippen molar-refractivity contribution in [1.82, 2.24) is 10.3 Å². The van der Waals surface area contributed by atoms with Crippen LogP contribution >= 0.6 is 11.3 Å². The first-order chi connectivity index (χ1) is 14.7. The molecule has 0 bridgehead atoms. The average Bonchev–Trinajstić information content (AvgIpc) is 3.53. The molecule has 1 aromatic heterocycles. The van der Waals surface area contributed by atoms with Gasteiger partial charge in [-0.1, -0.05) is 12.1 Å². The SMILES string of the molecule is Cc1sc(N2CCOCC2)nc1CCOc1cccc(CNC(=O)OCC2CC2)c1. The zero-order chi connectivity index (χ0) is 20.8. The van der Waals surface area contributed by atoms with Crippen LogP contribution in [0.3, 0.4) is 0 Å². The number of benzene rings is 1. The number of hydrogen-bond acceptors (Lipinski definition) is 7. The lowest BCUT2D eigenvalue weighted by molar-refractivity contribution is 0.122. The van der Waals surface area contributed by atoms with Crippen molar-refractivity contribution in [3.05, 3.63) is 40.4 Å². The van der Waals surface area contributed by atoms with E-state index in [1.165, 1.54) is 17.7 Å². The van der Waals surface area contributed by atoms with Crippen molar-refractivity contribution in [2.24, 2.45) is 5.92 Å². The van der Waals surface area contributed by atoms with E-state index in [1.807, 2.05) is 24.3 Å². The van der Waals surface area contributed by atoms with Crippen molar-refractivity contribution >= 4 is 22.6 Å². The Morgan fingerprint density at radius 2 is 2.17 bits per heavy atom. The quantitative estimate of drug-likeness (QED) is 0.655. The molecule has 8 heteroatoms. The van der Waals surface area contributed by atoms with Crippen LogP contribution in [-0.4, -0.2) is 50.6 Å². The number of amides is 1. The van der Waals surface area contributed by atoms with Crippen LogP contribution < -0.4 is 15.0 Å². The number of carbonyl (C=O) groups excluding carboxylic acids is 1. The third-order valence-electron chi connectivity index (χ3n) is 5.25. The third-order valence-corrected chi connectivity index (χ3v) is 6.33. The van der Waals surface area contributed by atoms with Crippen LogP contribution in [0.4, 0.5) is 9.93 Å². The normalized spacial score (nSPS) is 16.4. The van der Waals surface area contributed by atoms with Gasteiger partial charge in [-0.2, -0.15) is 0 Å². The molecule has 1 amide bonds. The Kier molecular flexibility index (Phi) is 7.07. The third kappa shape index (κ3) is 6.09. The number of nitrogens with one attached hydrogen (secondary N) is 1. The highest BCUT2D eigenvalue weighted by Gasteiger charge is 2.23. The molecule has 2 fully saturated rings. The van der Waals surface area contributed by atoms with Crippen molar-refractivity contribution in [3.8, 4) is 5.75 Å². The summed E-state index contributed by atoms with van der Waals surface area (Å²) in [7, 11) is 0. The maximum absolute atomic E-state index is 11.7. The van der Waals surface area contributed by atoms with E-state index in [-0.39, 0.29) is 6.09 Å². The van der Waals surface area contributed by atoms with Crippen molar-refractivity contribution < 1.29 is 19.0 Å². The van der Waals surface area contributed by atoms with Gasteiger partial charge < -0.3 is 24.4 Å². The van der Waals surface area contributed by atoms with Gasteiger partial charge in [-0.25, -0.2) is 9.78 Å². The van der Waals surface area contributed by atoms with E-state index in [9.17, 15) is 4.79 Å². The number of morpholine rings is 1.